The Morgan fingerprint density at radius 3 is 3.08 bits per heavy atom. The number of hydrogen-bond donors (Lipinski definition) is 2. The highest BCUT2D eigenvalue weighted by atomic mass is 15.6. The van der Waals surface area contributed by atoms with Crippen LogP contribution in [0.1, 0.15) is 0 Å². The van der Waals surface area contributed by atoms with Gasteiger partial charge in [-0.3, -0.25) is 5.53 Å². The predicted molar refractivity (Wildman–Crippen MR) is 42.9 cm³/mol. The molecule has 12 heavy (non-hydrogen) atoms. The molecule has 0 radical (unpaired) electrons. The zero-order chi connectivity index (χ0) is 8.39. The molecule has 0 aromatic heterocycles. The fraction of sp³-hybridized carbons (Fsp3) is 0.167. The van der Waals surface area contributed by atoms with Crippen LogP contribution in [-0.4, -0.2) is 26.7 Å². The highest BCUT2D eigenvalue weighted by molar-refractivity contribution is 5.47. The number of aromatic nitrogens is 4. The quantitative estimate of drug-likeness (QED) is 0.583. The highest BCUT2D eigenvalue weighted by Gasteiger charge is 2.05. The molecule has 6 nitrogen and oxygen atoms in total. The molecule has 0 aromatic rings. The first-order valence-corrected chi connectivity index (χ1v) is 3.47. The maximum atomic E-state index is 4.05. The van der Waals surface area contributed by atoms with E-state index >= 15 is 0 Å². The van der Waals surface area contributed by atoms with E-state index < -0.39 is 0 Å². The Balaban J connectivity index is 2.40. The van der Waals surface area contributed by atoms with Crippen LogP contribution in [0.2, 0.25) is 0 Å². The van der Waals surface area contributed by atoms with Crippen molar-refractivity contribution in [1.29, 1.82) is 0 Å². The lowest BCUT2D eigenvalue weighted by molar-refractivity contribution is 0.737. The molecule has 0 bridgehead atoms. The van der Waals surface area contributed by atoms with Crippen molar-refractivity contribution in [3.05, 3.63) is 18.9 Å². The zero-order valence-corrected chi connectivity index (χ0v) is 6.52. The minimum Gasteiger partial charge on any atom is -0.258 e. The number of nitrogens with zero attached hydrogens (tertiary/aromatic N) is 4. The molecule has 62 valence electrons. The molecule has 2 rings (SSSR count). The summed E-state index contributed by atoms with van der Waals surface area (Å²) in [7, 11) is 1.77. The topological polar surface area (TPSA) is 67.7 Å². The second kappa shape index (κ2) is 2.74. The van der Waals surface area contributed by atoms with Crippen LogP contribution < -0.4 is 11.0 Å². The average molecular weight is 164 g/mol. The van der Waals surface area contributed by atoms with Gasteiger partial charge in [-0.15, -0.1) is 0 Å². The smallest absolute Gasteiger partial charge is 0.182 e. The van der Waals surface area contributed by atoms with Gasteiger partial charge in [0.05, 0.1) is 6.20 Å². The number of hydrazine groups is 1. The molecule has 2 aliphatic rings. The summed E-state index contributed by atoms with van der Waals surface area (Å²) in [5.74, 6) is 0.657. The molecule has 0 saturated carbocycles. The molecule has 2 aliphatic heterocycles. The standard InChI is InChI=1S/C6H8N6/c1-7-11-12-2-5-6(10-4-12)9-3-8-5/h2-4,7,11H,1H3. The summed E-state index contributed by atoms with van der Waals surface area (Å²) in [5, 5.41) is 0. The maximum absolute atomic E-state index is 4.05. The summed E-state index contributed by atoms with van der Waals surface area (Å²) in [6.07, 6.45) is 4.90. The molecule has 0 atom stereocenters. The minimum atomic E-state index is 0.657. The molecular formula is C6H8N6. The van der Waals surface area contributed by atoms with Crippen molar-refractivity contribution in [2.75, 3.05) is 12.6 Å². The predicted octanol–water partition coefficient (Wildman–Crippen LogP) is -0.544. The van der Waals surface area contributed by atoms with E-state index in [1.54, 1.807) is 24.2 Å². The Labute approximate surface area is 69.0 Å². The SMILES string of the molecule is CNNn1cnc2ncnc-2c1. The highest BCUT2D eigenvalue weighted by Crippen LogP contribution is 2.09. The van der Waals surface area contributed by atoms with Crippen LogP contribution in [-0.2, 0) is 0 Å². The molecule has 0 fully saturated rings. The van der Waals surface area contributed by atoms with Crippen molar-refractivity contribution in [1.82, 2.24) is 25.1 Å². The Morgan fingerprint density at radius 2 is 2.25 bits per heavy atom. The van der Waals surface area contributed by atoms with Crippen molar-refractivity contribution >= 4 is 0 Å². The summed E-state index contributed by atoms with van der Waals surface area (Å²) in [5.41, 5.74) is 6.36. The lowest BCUT2D eigenvalue weighted by Gasteiger charge is -2.07. The molecule has 0 amide bonds. The first-order chi connectivity index (χ1) is 5.90. The van der Waals surface area contributed by atoms with Crippen molar-refractivity contribution in [3.8, 4) is 11.5 Å². The largest absolute Gasteiger partial charge is 0.258 e. The van der Waals surface area contributed by atoms with Gasteiger partial charge in [0.25, 0.3) is 0 Å². The fourth-order valence-corrected chi connectivity index (χ4v) is 0.932. The molecule has 0 spiro atoms. The molecule has 2 heterocycles. The molecule has 0 aliphatic carbocycles. The van der Waals surface area contributed by atoms with Gasteiger partial charge >= 0.3 is 0 Å². The molecule has 0 saturated heterocycles. The van der Waals surface area contributed by atoms with Crippen molar-refractivity contribution in [2.45, 2.75) is 0 Å². The second-order valence-electron chi connectivity index (χ2n) is 2.23. The zero-order valence-electron chi connectivity index (χ0n) is 6.52. The molecular weight excluding hydrogens is 156 g/mol. The number of nitrogens with one attached hydrogen (secondary N) is 2. The first kappa shape index (κ1) is 6.99. The Kier molecular flexibility index (Phi) is 1.60. The van der Waals surface area contributed by atoms with Crippen molar-refractivity contribution < 1.29 is 0 Å². The normalized spacial score (nSPS) is 10.4. The molecule has 0 aromatic carbocycles. The maximum Gasteiger partial charge on any atom is 0.182 e. The van der Waals surface area contributed by atoms with E-state index in [-0.39, 0.29) is 0 Å². The molecule has 0 unspecified atom stereocenters. The summed E-state index contributed by atoms with van der Waals surface area (Å²) in [6.45, 7) is 0. The number of hydrogen-bond acceptors (Lipinski definition) is 5. The third kappa shape index (κ3) is 1.08. The van der Waals surface area contributed by atoms with Gasteiger partial charge in [0, 0.05) is 7.05 Å². The molecule has 6 heteroatoms. The van der Waals surface area contributed by atoms with Gasteiger partial charge in [-0.2, -0.15) is 0 Å². The van der Waals surface area contributed by atoms with Crippen LogP contribution in [0.15, 0.2) is 18.9 Å². The first-order valence-electron chi connectivity index (χ1n) is 3.47. The number of rotatable bonds is 2. The van der Waals surface area contributed by atoms with Gasteiger partial charge in [-0.1, -0.05) is 0 Å². The van der Waals surface area contributed by atoms with Crippen LogP contribution in [0.3, 0.4) is 0 Å². The number of imidazole rings is 1. The summed E-state index contributed by atoms with van der Waals surface area (Å²) in [6, 6.07) is 0. The van der Waals surface area contributed by atoms with Gasteiger partial charge in [-0.25, -0.2) is 25.1 Å². The third-order valence-corrected chi connectivity index (χ3v) is 1.41. The van der Waals surface area contributed by atoms with Crippen LogP contribution in [0, 0.1) is 0 Å². The van der Waals surface area contributed by atoms with E-state index in [9.17, 15) is 0 Å². The van der Waals surface area contributed by atoms with E-state index in [0.717, 1.165) is 5.69 Å². The van der Waals surface area contributed by atoms with Gasteiger partial charge in [0.1, 0.15) is 18.3 Å². The van der Waals surface area contributed by atoms with Crippen molar-refractivity contribution in [2.24, 2.45) is 0 Å². The average Bonchev–Trinajstić information content (AvgIpc) is 2.51. The Morgan fingerprint density at radius 1 is 1.33 bits per heavy atom. The van der Waals surface area contributed by atoms with Gasteiger partial charge < -0.3 is 0 Å². The van der Waals surface area contributed by atoms with Gasteiger partial charge in [0.15, 0.2) is 5.82 Å². The van der Waals surface area contributed by atoms with Crippen LogP contribution in [0.4, 0.5) is 0 Å². The fourth-order valence-electron chi connectivity index (χ4n) is 0.932. The summed E-state index contributed by atoms with van der Waals surface area (Å²) in [4.78, 5) is 12.0. The second-order valence-corrected chi connectivity index (χ2v) is 2.23. The van der Waals surface area contributed by atoms with E-state index in [1.807, 2.05) is 0 Å². The van der Waals surface area contributed by atoms with E-state index in [0.29, 0.717) is 5.82 Å². The Hall–Kier alpha value is -1.69. The van der Waals surface area contributed by atoms with Crippen LogP contribution in [0.5, 0.6) is 0 Å². The number of fused-ring (bicyclic) bond motifs is 1. The lowest BCUT2D eigenvalue weighted by Crippen LogP contribution is -2.26. The van der Waals surface area contributed by atoms with Crippen molar-refractivity contribution in [3.63, 3.8) is 0 Å². The van der Waals surface area contributed by atoms with Gasteiger partial charge in [0.2, 0.25) is 0 Å². The van der Waals surface area contributed by atoms with E-state index in [1.165, 1.54) is 6.33 Å². The Bertz CT molecular complexity index is 342. The van der Waals surface area contributed by atoms with Crippen LogP contribution >= 0.6 is 0 Å². The monoisotopic (exact) mass is 164 g/mol. The minimum absolute atomic E-state index is 0.657. The third-order valence-electron chi connectivity index (χ3n) is 1.41. The van der Waals surface area contributed by atoms with E-state index in [4.69, 9.17) is 0 Å². The molecule has 2 N–H and O–H groups in total. The van der Waals surface area contributed by atoms with E-state index in [2.05, 4.69) is 25.9 Å². The lowest BCUT2D eigenvalue weighted by atomic mass is 10.4. The van der Waals surface area contributed by atoms with Gasteiger partial charge in [-0.05, 0) is 0 Å². The summed E-state index contributed by atoms with van der Waals surface area (Å²) < 4.78 is 1.66. The summed E-state index contributed by atoms with van der Waals surface area (Å²) >= 11 is 0. The van der Waals surface area contributed by atoms with Crippen LogP contribution in [0.25, 0.3) is 11.5 Å².